The molecule has 90 valence electrons. The maximum Gasteiger partial charge on any atom is 0.112 e. The van der Waals surface area contributed by atoms with Crippen LogP contribution in [0.3, 0.4) is 0 Å². The Morgan fingerprint density at radius 3 is 2.56 bits per heavy atom. The largest absolute Gasteiger partial charge is 0.394 e. The molecule has 0 aliphatic heterocycles. The van der Waals surface area contributed by atoms with Crippen molar-refractivity contribution in [3.8, 4) is 0 Å². The first-order valence-electron chi connectivity index (χ1n) is 6.00. The highest BCUT2D eigenvalue weighted by Gasteiger charge is 2.23. The van der Waals surface area contributed by atoms with Gasteiger partial charge in [-0.15, -0.1) is 5.10 Å². The maximum absolute atomic E-state index is 9.25. The monoisotopic (exact) mass is 225 g/mol. The lowest BCUT2D eigenvalue weighted by atomic mass is 9.86. The van der Waals surface area contributed by atoms with E-state index in [-0.39, 0.29) is 13.2 Å². The molecule has 0 aromatic carbocycles. The highest BCUT2D eigenvalue weighted by molar-refractivity contribution is 5.15. The van der Waals surface area contributed by atoms with Crippen LogP contribution in [0.4, 0.5) is 0 Å². The molecule has 5 nitrogen and oxygen atoms in total. The van der Waals surface area contributed by atoms with Gasteiger partial charge in [-0.05, 0) is 12.8 Å². The molecule has 1 aromatic heterocycles. The van der Waals surface area contributed by atoms with Gasteiger partial charge in [0.2, 0.25) is 0 Å². The molecular weight excluding hydrogens is 206 g/mol. The molecule has 1 aliphatic carbocycles. The first-order valence-corrected chi connectivity index (χ1v) is 6.00. The van der Waals surface area contributed by atoms with Crippen molar-refractivity contribution in [3.63, 3.8) is 0 Å². The Hall–Kier alpha value is -0.940. The molecule has 1 fully saturated rings. The molecule has 0 spiro atoms. The predicted molar refractivity (Wildman–Crippen MR) is 58.9 cm³/mol. The Morgan fingerprint density at radius 1 is 1.19 bits per heavy atom. The molecule has 1 aromatic rings. The molecule has 0 radical (unpaired) electrons. The molecule has 5 heteroatoms. The SMILES string of the molecule is OCCn1nnc(CO)c1C1CCCCC1. The molecule has 1 heterocycles. The normalized spacial score (nSPS) is 17.9. The van der Waals surface area contributed by atoms with Gasteiger partial charge in [0, 0.05) is 5.92 Å². The van der Waals surface area contributed by atoms with E-state index in [0.29, 0.717) is 18.2 Å². The lowest BCUT2D eigenvalue weighted by Gasteiger charge is -2.22. The third-order valence-electron chi connectivity index (χ3n) is 3.30. The van der Waals surface area contributed by atoms with Crippen LogP contribution in [0.5, 0.6) is 0 Å². The number of nitrogens with zero attached hydrogens (tertiary/aromatic N) is 3. The minimum Gasteiger partial charge on any atom is -0.394 e. The van der Waals surface area contributed by atoms with Gasteiger partial charge in [0.05, 0.1) is 25.5 Å². The highest BCUT2D eigenvalue weighted by atomic mass is 16.3. The molecule has 1 saturated carbocycles. The summed E-state index contributed by atoms with van der Waals surface area (Å²) in [4.78, 5) is 0. The summed E-state index contributed by atoms with van der Waals surface area (Å²) in [6.07, 6.45) is 6.06. The van der Waals surface area contributed by atoms with Crippen LogP contribution in [-0.4, -0.2) is 31.8 Å². The first-order chi connectivity index (χ1) is 7.86. The summed E-state index contributed by atoms with van der Waals surface area (Å²) in [7, 11) is 0. The fourth-order valence-electron chi connectivity index (χ4n) is 2.55. The summed E-state index contributed by atoms with van der Waals surface area (Å²) in [6.45, 7) is 0.476. The van der Waals surface area contributed by atoms with Crippen molar-refractivity contribution in [1.29, 1.82) is 0 Å². The molecule has 0 amide bonds. The molecule has 0 bridgehead atoms. The lowest BCUT2D eigenvalue weighted by molar-refractivity contribution is 0.260. The summed E-state index contributed by atoms with van der Waals surface area (Å²) in [5.41, 5.74) is 1.72. The van der Waals surface area contributed by atoms with E-state index in [1.54, 1.807) is 4.68 Å². The number of aliphatic hydroxyl groups is 2. The van der Waals surface area contributed by atoms with E-state index >= 15 is 0 Å². The fourth-order valence-corrected chi connectivity index (χ4v) is 2.55. The van der Waals surface area contributed by atoms with E-state index in [0.717, 1.165) is 18.5 Å². The van der Waals surface area contributed by atoms with Gasteiger partial charge in [0.1, 0.15) is 5.69 Å². The number of rotatable bonds is 4. The van der Waals surface area contributed by atoms with E-state index < -0.39 is 0 Å². The second-order valence-electron chi connectivity index (χ2n) is 4.36. The van der Waals surface area contributed by atoms with Crippen LogP contribution in [0, 0.1) is 0 Å². The van der Waals surface area contributed by atoms with Gasteiger partial charge in [0.25, 0.3) is 0 Å². The van der Waals surface area contributed by atoms with E-state index in [2.05, 4.69) is 10.3 Å². The van der Waals surface area contributed by atoms with E-state index in [1.807, 2.05) is 0 Å². The summed E-state index contributed by atoms with van der Waals surface area (Å²) in [5, 5.41) is 26.2. The first kappa shape index (κ1) is 11.5. The van der Waals surface area contributed by atoms with Crippen LogP contribution in [0.15, 0.2) is 0 Å². The number of aromatic nitrogens is 3. The Morgan fingerprint density at radius 2 is 1.94 bits per heavy atom. The maximum atomic E-state index is 9.25. The third kappa shape index (κ3) is 2.25. The minimum atomic E-state index is -0.0583. The Labute approximate surface area is 95.1 Å². The smallest absolute Gasteiger partial charge is 0.112 e. The molecule has 0 atom stereocenters. The molecule has 16 heavy (non-hydrogen) atoms. The van der Waals surface area contributed by atoms with Crippen molar-refractivity contribution in [2.24, 2.45) is 0 Å². The van der Waals surface area contributed by atoms with Crippen molar-refractivity contribution < 1.29 is 10.2 Å². The highest BCUT2D eigenvalue weighted by Crippen LogP contribution is 2.33. The van der Waals surface area contributed by atoms with Crippen LogP contribution >= 0.6 is 0 Å². The number of hydrogen-bond donors (Lipinski definition) is 2. The zero-order valence-corrected chi connectivity index (χ0v) is 9.47. The van der Waals surface area contributed by atoms with E-state index in [4.69, 9.17) is 5.11 Å². The van der Waals surface area contributed by atoms with Crippen molar-refractivity contribution in [1.82, 2.24) is 15.0 Å². The van der Waals surface area contributed by atoms with E-state index in [9.17, 15) is 5.11 Å². The summed E-state index contributed by atoms with van der Waals surface area (Å²) in [5.74, 6) is 0.456. The topological polar surface area (TPSA) is 71.2 Å². The summed E-state index contributed by atoms with van der Waals surface area (Å²) in [6, 6.07) is 0. The Balaban J connectivity index is 2.23. The van der Waals surface area contributed by atoms with E-state index in [1.165, 1.54) is 19.3 Å². The zero-order chi connectivity index (χ0) is 11.4. The Bertz CT molecular complexity index is 332. The Kier molecular flexibility index (Phi) is 3.90. The molecule has 2 rings (SSSR count). The van der Waals surface area contributed by atoms with Gasteiger partial charge in [-0.25, -0.2) is 4.68 Å². The average Bonchev–Trinajstić information content (AvgIpc) is 2.74. The average molecular weight is 225 g/mol. The number of aliphatic hydroxyl groups excluding tert-OH is 2. The van der Waals surface area contributed by atoms with Crippen molar-refractivity contribution >= 4 is 0 Å². The second-order valence-corrected chi connectivity index (χ2v) is 4.36. The van der Waals surface area contributed by atoms with Crippen LogP contribution in [0.1, 0.15) is 49.4 Å². The molecule has 2 N–H and O–H groups in total. The van der Waals surface area contributed by atoms with Crippen molar-refractivity contribution in [2.75, 3.05) is 6.61 Å². The van der Waals surface area contributed by atoms with Crippen LogP contribution in [0.25, 0.3) is 0 Å². The standard InChI is InChI=1S/C11H19N3O2/c15-7-6-14-11(10(8-16)12-13-14)9-4-2-1-3-5-9/h9,15-16H,1-8H2. The van der Waals surface area contributed by atoms with Crippen LogP contribution < -0.4 is 0 Å². The zero-order valence-electron chi connectivity index (χ0n) is 9.47. The van der Waals surface area contributed by atoms with Crippen molar-refractivity contribution in [3.05, 3.63) is 11.4 Å². The van der Waals surface area contributed by atoms with Gasteiger partial charge < -0.3 is 10.2 Å². The van der Waals surface area contributed by atoms with Gasteiger partial charge >= 0.3 is 0 Å². The molecule has 0 saturated heterocycles. The van der Waals surface area contributed by atoms with Gasteiger partial charge in [0.15, 0.2) is 0 Å². The second kappa shape index (κ2) is 5.41. The number of hydrogen-bond acceptors (Lipinski definition) is 4. The molecule has 0 unspecified atom stereocenters. The quantitative estimate of drug-likeness (QED) is 0.795. The minimum absolute atomic E-state index is 0.0583. The molecule has 1 aliphatic rings. The van der Waals surface area contributed by atoms with Gasteiger partial charge in [-0.2, -0.15) is 0 Å². The van der Waals surface area contributed by atoms with Crippen LogP contribution in [0.2, 0.25) is 0 Å². The summed E-state index contributed by atoms with van der Waals surface area (Å²) < 4.78 is 1.75. The summed E-state index contributed by atoms with van der Waals surface area (Å²) >= 11 is 0. The third-order valence-corrected chi connectivity index (χ3v) is 3.30. The predicted octanol–water partition coefficient (Wildman–Crippen LogP) is 0.810. The van der Waals surface area contributed by atoms with Gasteiger partial charge in [-0.1, -0.05) is 24.5 Å². The lowest BCUT2D eigenvalue weighted by Crippen LogP contribution is -2.15. The van der Waals surface area contributed by atoms with Crippen LogP contribution in [-0.2, 0) is 13.2 Å². The van der Waals surface area contributed by atoms with Gasteiger partial charge in [-0.3, -0.25) is 0 Å². The molecular formula is C11H19N3O2. The van der Waals surface area contributed by atoms with Crippen molar-refractivity contribution in [2.45, 2.75) is 51.2 Å². The fraction of sp³-hybridized carbons (Fsp3) is 0.818.